The third-order valence-corrected chi connectivity index (χ3v) is 3.27. The van der Waals surface area contributed by atoms with Gasteiger partial charge in [0, 0.05) is 12.1 Å². The van der Waals surface area contributed by atoms with Gasteiger partial charge in [0.2, 0.25) is 15.9 Å². The van der Waals surface area contributed by atoms with E-state index < -0.39 is 10.0 Å². The summed E-state index contributed by atoms with van der Waals surface area (Å²) < 4.78 is 23.9. The number of carbonyl (C=O) groups is 1. The minimum absolute atomic E-state index is 0.0436. The third-order valence-electron chi connectivity index (χ3n) is 2.54. The van der Waals surface area contributed by atoms with E-state index in [-0.39, 0.29) is 18.0 Å². The zero-order valence-corrected chi connectivity index (χ0v) is 12.5. The lowest BCUT2D eigenvalue weighted by atomic mass is 10.0. The number of nitrogens with one attached hydrogen (secondary N) is 3. The third kappa shape index (κ3) is 10.5. The molecule has 0 saturated heterocycles. The number of amides is 1. The van der Waals surface area contributed by atoms with Crippen molar-refractivity contribution >= 4 is 15.9 Å². The maximum atomic E-state index is 11.5. The summed E-state index contributed by atoms with van der Waals surface area (Å²) in [4.78, 5) is 11.5. The van der Waals surface area contributed by atoms with Crippen LogP contribution >= 0.6 is 0 Å². The van der Waals surface area contributed by atoms with Crippen LogP contribution in [0.15, 0.2) is 0 Å². The van der Waals surface area contributed by atoms with E-state index in [1.807, 2.05) is 20.8 Å². The lowest BCUT2D eigenvalue weighted by Gasteiger charge is -2.24. The fourth-order valence-corrected chi connectivity index (χ4v) is 1.70. The number of carbonyl (C=O) groups excluding carboxylic acids is 1. The van der Waals surface area contributed by atoms with Gasteiger partial charge in [-0.05, 0) is 33.2 Å². The van der Waals surface area contributed by atoms with Crippen LogP contribution in [0.25, 0.3) is 0 Å². The first-order valence-corrected chi connectivity index (χ1v) is 8.02. The van der Waals surface area contributed by atoms with Gasteiger partial charge in [-0.3, -0.25) is 4.79 Å². The summed E-state index contributed by atoms with van der Waals surface area (Å²) in [5, 5.41) is 5.88. The molecule has 0 spiro atoms. The first kappa shape index (κ1) is 17.3. The van der Waals surface area contributed by atoms with Crippen molar-refractivity contribution in [3.8, 4) is 0 Å². The molecule has 0 aromatic carbocycles. The smallest absolute Gasteiger partial charge is 0.234 e. The molecule has 0 aliphatic heterocycles. The first-order chi connectivity index (χ1) is 8.16. The second kappa shape index (κ2) is 7.70. The predicted octanol–water partition coefficient (Wildman–Crippen LogP) is -0.180. The number of hydrogen-bond donors (Lipinski definition) is 3. The van der Waals surface area contributed by atoms with E-state index in [1.165, 1.54) is 0 Å². The number of sulfonamides is 1. The minimum Gasteiger partial charge on any atom is -0.350 e. The van der Waals surface area contributed by atoms with Crippen LogP contribution in [0.2, 0.25) is 0 Å². The van der Waals surface area contributed by atoms with Gasteiger partial charge in [0.05, 0.1) is 12.8 Å². The van der Waals surface area contributed by atoms with Crippen LogP contribution in [0.5, 0.6) is 0 Å². The van der Waals surface area contributed by atoms with Crippen LogP contribution in [-0.2, 0) is 14.8 Å². The Balaban J connectivity index is 3.59. The Hall–Kier alpha value is -0.660. The average Bonchev–Trinajstić information content (AvgIpc) is 2.21. The van der Waals surface area contributed by atoms with Gasteiger partial charge in [-0.1, -0.05) is 6.92 Å². The van der Waals surface area contributed by atoms with Crippen molar-refractivity contribution < 1.29 is 13.2 Å². The first-order valence-electron chi connectivity index (χ1n) is 6.12. The Kier molecular flexibility index (Phi) is 7.42. The molecule has 0 saturated carbocycles. The molecule has 0 radical (unpaired) electrons. The van der Waals surface area contributed by atoms with E-state index in [0.717, 1.165) is 12.7 Å². The van der Waals surface area contributed by atoms with Gasteiger partial charge in [-0.25, -0.2) is 13.1 Å². The van der Waals surface area contributed by atoms with Crippen LogP contribution in [0.1, 0.15) is 33.6 Å². The van der Waals surface area contributed by atoms with Crippen molar-refractivity contribution in [1.29, 1.82) is 0 Å². The predicted molar refractivity (Wildman–Crippen MR) is 72.8 cm³/mol. The summed E-state index contributed by atoms with van der Waals surface area (Å²) in [6.07, 6.45) is 2.65. The molecule has 0 unspecified atom stereocenters. The van der Waals surface area contributed by atoms with Crippen LogP contribution in [-0.4, -0.2) is 45.8 Å². The molecular weight excluding hydrogens is 254 g/mol. The maximum Gasteiger partial charge on any atom is 0.234 e. The monoisotopic (exact) mass is 279 g/mol. The molecule has 6 nitrogen and oxygen atoms in total. The van der Waals surface area contributed by atoms with Crippen molar-refractivity contribution in [2.24, 2.45) is 0 Å². The maximum absolute atomic E-state index is 11.5. The van der Waals surface area contributed by atoms with Crippen LogP contribution in [0.3, 0.4) is 0 Å². The highest BCUT2D eigenvalue weighted by Gasteiger charge is 2.16. The second-order valence-corrected chi connectivity index (χ2v) is 6.82. The Morgan fingerprint density at radius 3 is 2.33 bits per heavy atom. The van der Waals surface area contributed by atoms with Gasteiger partial charge < -0.3 is 10.6 Å². The Morgan fingerprint density at radius 1 is 1.22 bits per heavy atom. The van der Waals surface area contributed by atoms with E-state index in [4.69, 9.17) is 0 Å². The molecule has 0 aliphatic carbocycles. The van der Waals surface area contributed by atoms with E-state index >= 15 is 0 Å². The quantitative estimate of drug-likeness (QED) is 0.511. The number of hydrogen-bond acceptors (Lipinski definition) is 4. The molecule has 0 bridgehead atoms. The van der Waals surface area contributed by atoms with Crippen molar-refractivity contribution in [2.45, 2.75) is 39.2 Å². The highest BCUT2D eigenvalue weighted by Crippen LogP contribution is 2.05. The second-order valence-electron chi connectivity index (χ2n) is 4.98. The largest absolute Gasteiger partial charge is 0.350 e. The highest BCUT2D eigenvalue weighted by atomic mass is 32.2. The average molecular weight is 279 g/mol. The summed E-state index contributed by atoms with van der Waals surface area (Å²) >= 11 is 0. The molecule has 0 heterocycles. The van der Waals surface area contributed by atoms with Crippen molar-refractivity contribution in [1.82, 2.24) is 15.4 Å². The summed E-state index contributed by atoms with van der Waals surface area (Å²) in [6, 6.07) is 0. The fraction of sp³-hybridized carbons (Fsp3) is 0.909. The minimum atomic E-state index is -3.11. The molecule has 18 heavy (non-hydrogen) atoms. The van der Waals surface area contributed by atoms with E-state index in [2.05, 4.69) is 15.4 Å². The van der Waals surface area contributed by atoms with Crippen molar-refractivity contribution in [3.05, 3.63) is 0 Å². The molecule has 3 N–H and O–H groups in total. The summed E-state index contributed by atoms with van der Waals surface area (Å²) in [5.74, 6) is -0.0436. The number of rotatable bonds is 9. The van der Waals surface area contributed by atoms with Gasteiger partial charge in [0.1, 0.15) is 0 Å². The van der Waals surface area contributed by atoms with Crippen molar-refractivity contribution in [3.63, 3.8) is 0 Å². The van der Waals surface area contributed by atoms with Crippen LogP contribution in [0, 0.1) is 0 Å². The normalized spacial score (nSPS) is 12.4. The Bertz CT molecular complexity index is 353. The van der Waals surface area contributed by atoms with E-state index in [0.29, 0.717) is 19.5 Å². The molecule has 0 atom stereocenters. The summed E-state index contributed by atoms with van der Waals surface area (Å²) in [7, 11) is -3.11. The molecule has 0 aromatic rings. The van der Waals surface area contributed by atoms with Crippen LogP contribution in [0.4, 0.5) is 0 Å². The van der Waals surface area contributed by atoms with Gasteiger partial charge in [-0.15, -0.1) is 0 Å². The Morgan fingerprint density at radius 2 is 1.83 bits per heavy atom. The molecule has 0 rings (SSSR count). The zero-order valence-electron chi connectivity index (χ0n) is 11.7. The lowest BCUT2D eigenvalue weighted by molar-refractivity contribution is -0.121. The summed E-state index contributed by atoms with van der Waals surface area (Å²) in [5.41, 5.74) is -0.184. The summed E-state index contributed by atoms with van der Waals surface area (Å²) in [6.45, 7) is 7.20. The SMILES string of the molecule is CCC(C)(C)NC(=O)CNCCCNS(C)(=O)=O. The van der Waals surface area contributed by atoms with Gasteiger partial charge in [0.15, 0.2) is 0 Å². The Labute approximate surface area is 110 Å². The lowest BCUT2D eigenvalue weighted by Crippen LogP contribution is -2.46. The molecule has 1 amide bonds. The van der Waals surface area contributed by atoms with Gasteiger partial charge in [-0.2, -0.15) is 0 Å². The molecular formula is C11H25N3O3S. The van der Waals surface area contributed by atoms with Crippen LogP contribution < -0.4 is 15.4 Å². The van der Waals surface area contributed by atoms with Gasteiger partial charge >= 0.3 is 0 Å². The molecule has 0 aliphatic rings. The fourth-order valence-electron chi connectivity index (χ4n) is 1.18. The molecule has 0 aromatic heterocycles. The standard InChI is InChI=1S/C11H25N3O3S/c1-5-11(2,3)14-10(15)9-12-7-6-8-13-18(4,16)17/h12-13H,5-9H2,1-4H3,(H,14,15). The van der Waals surface area contributed by atoms with Crippen molar-refractivity contribution in [2.75, 3.05) is 25.9 Å². The van der Waals surface area contributed by atoms with Gasteiger partial charge in [0.25, 0.3) is 0 Å². The molecule has 108 valence electrons. The molecule has 7 heteroatoms. The topological polar surface area (TPSA) is 87.3 Å². The molecule has 0 fully saturated rings. The highest BCUT2D eigenvalue weighted by molar-refractivity contribution is 7.88. The zero-order chi connectivity index (χ0) is 14.2. The van der Waals surface area contributed by atoms with E-state index in [9.17, 15) is 13.2 Å². The van der Waals surface area contributed by atoms with E-state index in [1.54, 1.807) is 0 Å².